The second-order valence-corrected chi connectivity index (χ2v) is 14.8. The molecule has 7 aliphatic rings. The van der Waals surface area contributed by atoms with Crippen LogP contribution in [-0.4, -0.2) is 62.1 Å². The molecule has 1 spiro atoms. The topological polar surface area (TPSA) is 68.8 Å². The van der Waals surface area contributed by atoms with Gasteiger partial charge in [0.25, 0.3) is 0 Å². The fourth-order valence-electron chi connectivity index (χ4n) is 8.38. The molecule has 0 aromatic heterocycles. The number of carbonyl (C=O) groups excluding carboxylic acids is 1. The van der Waals surface area contributed by atoms with Gasteiger partial charge in [-0.1, -0.05) is 12.8 Å². The Kier molecular flexibility index (Phi) is 5.81. The van der Waals surface area contributed by atoms with E-state index < -0.39 is 17.6 Å². The van der Waals surface area contributed by atoms with Crippen molar-refractivity contribution in [3.05, 3.63) is 0 Å². The van der Waals surface area contributed by atoms with Gasteiger partial charge >= 0.3 is 6.18 Å². The number of hydrogen-bond donors (Lipinski definition) is 3. The summed E-state index contributed by atoms with van der Waals surface area (Å²) in [6, 6.07) is 0.311. The van der Waals surface area contributed by atoms with Crippen LogP contribution in [0.3, 0.4) is 0 Å². The minimum atomic E-state index is -4.37. The summed E-state index contributed by atoms with van der Waals surface area (Å²) in [5.41, 5.74) is 1.50. The molecule has 1 amide bonds. The van der Waals surface area contributed by atoms with Crippen LogP contribution >= 0.6 is 23.4 Å². The largest absolute Gasteiger partial charge is 0.411 e. The molecule has 3 aliphatic heterocycles. The molecule has 6 nitrogen and oxygen atoms in total. The summed E-state index contributed by atoms with van der Waals surface area (Å²) in [5, 5.41) is 12.1. The summed E-state index contributed by atoms with van der Waals surface area (Å²) in [4.78, 5) is 15.2. The highest BCUT2D eigenvalue weighted by atomic mass is 35.5. The first-order valence-electron chi connectivity index (χ1n) is 14.1. The van der Waals surface area contributed by atoms with Crippen LogP contribution in [0.15, 0.2) is 5.10 Å². The van der Waals surface area contributed by atoms with Crippen LogP contribution in [0.25, 0.3) is 0 Å². The number of carbonyl (C=O) groups is 1. The summed E-state index contributed by atoms with van der Waals surface area (Å²) in [5.74, 6) is 1.97. The van der Waals surface area contributed by atoms with Gasteiger partial charge in [0.1, 0.15) is 17.5 Å². The van der Waals surface area contributed by atoms with E-state index in [1.54, 1.807) is 0 Å². The van der Waals surface area contributed by atoms with Gasteiger partial charge < -0.3 is 15.5 Å². The molecule has 0 aromatic carbocycles. The molecule has 4 saturated carbocycles. The Morgan fingerprint density at radius 3 is 2.62 bits per heavy atom. The molecule has 37 heavy (non-hydrogen) atoms. The molecule has 8 unspecified atom stereocenters. The third-order valence-electron chi connectivity index (χ3n) is 10.6. The van der Waals surface area contributed by atoms with Crippen molar-refractivity contribution in [3.63, 3.8) is 0 Å². The Hall–Kier alpha value is -0.870. The predicted molar refractivity (Wildman–Crippen MR) is 138 cm³/mol. The van der Waals surface area contributed by atoms with Crippen LogP contribution in [-0.2, 0) is 4.79 Å². The SMILES string of the molecule is CC1=NNC2N1C1SC3C[C@@H](CC(=O)NC4(C(F)(F)F)CC4)CC3C1C(C1CCCCC1Cl)NC21CC1. The highest BCUT2D eigenvalue weighted by Gasteiger charge is 2.66. The molecular weight excluding hydrogens is 523 g/mol. The van der Waals surface area contributed by atoms with Gasteiger partial charge in [-0.15, -0.1) is 23.4 Å². The normalized spacial score (nSPS) is 44.8. The Balaban J connectivity index is 1.13. The van der Waals surface area contributed by atoms with Gasteiger partial charge in [0.05, 0.1) is 10.9 Å². The molecule has 206 valence electrons. The van der Waals surface area contributed by atoms with Gasteiger partial charge in [0.2, 0.25) is 5.91 Å². The average molecular weight is 560 g/mol. The van der Waals surface area contributed by atoms with Gasteiger partial charge in [0.15, 0.2) is 0 Å². The fraction of sp³-hybridized carbons (Fsp3) is 0.923. The molecule has 9 atom stereocenters. The Morgan fingerprint density at radius 2 is 1.95 bits per heavy atom. The zero-order valence-electron chi connectivity index (χ0n) is 21.2. The number of amidine groups is 1. The lowest BCUT2D eigenvalue weighted by molar-refractivity contribution is -0.170. The van der Waals surface area contributed by atoms with E-state index in [4.69, 9.17) is 11.6 Å². The molecule has 11 heteroatoms. The zero-order valence-corrected chi connectivity index (χ0v) is 22.8. The van der Waals surface area contributed by atoms with Crippen molar-refractivity contribution >= 4 is 35.1 Å². The second-order valence-electron chi connectivity index (χ2n) is 12.9. The van der Waals surface area contributed by atoms with Gasteiger partial charge in [-0.05, 0) is 76.0 Å². The van der Waals surface area contributed by atoms with Crippen molar-refractivity contribution in [3.8, 4) is 0 Å². The first kappa shape index (κ1) is 25.1. The molecule has 2 saturated heterocycles. The molecule has 0 radical (unpaired) electrons. The van der Waals surface area contributed by atoms with Crippen molar-refractivity contribution in [1.29, 1.82) is 0 Å². The van der Waals surface area contributed by atoms with Crippen molar-refractivity contribution in [2.45, 2.75) is 123 Å². The van der Waals surface area contributed by atoms with Gasteiger partial charge in [-0.2, -0.15) is 18.3 Å². The molecule has 3 heterocycles. The van der Waals surface area contributed by atoms with Crippen molar-refractivity contribution in [2.24, 2.45) is 28.8 Å². The second kappa shape index (κ2) is 8.56. The highest BCUT2D eigenvalue weighted by Crippen LogP contribution is 2.61. The number of fused-ring (bicyclic) bond motifs is 6. The van der Waals surface area contributed by atoms with Crippen LogP contribution in [0.1, 0.15) is 77.6 Å². The van der Waals surface area contributed by atoms with Gasteiger partial charge in [-0.3, -0.25) is 10.2 Å². The van der Waals surface area contributed by atoms with Crippen molar-refractivity contribution < 1.29 is 18.0 Å². The lowest BCUT2D eigenvalue weighted by atomic mass is 9.73. The highest BCUT2D eigenvalue weighted by molar-refractivity contribution is 8.00. The van der Waals surface area contributed by atoms with Crippen LogP contribution in [0.5, 0.6) is 0 Å². The number of hydrazone groups is 1. The number of thioether (sulfide) groups is 1. The Bertz CT molecular complexity index is 988. The zero-order chi connectivity index (χ0) is 25.7. The number of nitrogens with zero attached hydrogens (tertiary/aromatic N) is 2. The van der Waals surface area contributed by atoms with Crippen LogP contribution in [0.4, 0.5) is 13.2 Å². The third-order valence-corrected chi connectivity index (χ3v) is 12.8. The lowest BCUT2D eigenvalue weighted by Crippen LogP contribution is -2.57. The first-order chi connectivity index (χ1) is 17.6. The monoisotopic (exact) mass is 559 g/mol. The summed E-state index contributed by atoms with van der Waals surface area (Å²) < 4.78 is 40.2. The lowest BCUT2D eigenvalue weighted by Gasteiger charge is -2.41. The molecule has 7 rings (SSSR count). The standard InChI is InChI=1S/C26H37ClF3N5OS/c1-13-33-34-23-24(6-7-24)32-21(15-4-2-3-5-17(15)27)20-16-10-14(11-18(16)37-22(20)35(13)23)12-19(36)31-25(8-9-25)26(28,29)30/h14-18,20-23,32,34H,2-12H2,1H3,(H,31,36)/t14-,15?,16?,17?,18?,20?,21?,22?,23?/m0/s1. The third kappa shape index (κ3) is 4.00. The molecular formula is C26H37ClF3N5OS. The van der Waals surface area contributed by atoms with E-state index >= 15 is 0 Å². The number of hydrogen-bond acceptors (Lipinski definition) is 6. The number of alkyl halides is 4. The maximum Gasteiger partial charge on any atom is 0.411 e. The van der Waals surface area contributed by atoms with E-state index in [2.05, 4.69) is 33.0 Å². The number of nitrogens with one attached hydrogen (secondary N) is 3. The van der Waals surface area contributed by atoms with E-state index in [1.807, 2.05) is 11.8 Å². The van der Waals surface area contributed by atoms with Gasteiger partial charge in [0, 0.05) is 29.0 Å². The van der Waals surface area contributed by atoms with E-state index in [0.29, 0.717) is 34.4 Å². The first-order valence-corrected chi connectivity index (χ1v) is 15.5. The van der Waals surface area contributed by atoms with Crippen LogP contribution in [0.2, 0.25) is 0 Å². The summed E-state index contributed by atoms with van der Waals surface area (Å²) in [7, 11) is 0. The number of rotatable bonds is 4. The quantitative estimate of drug-likeness (QED) is 0.441. The van der Waals surface area contributed by atoms with Crippen LogP contribution in [0, 0.1) is 23.7 Å². The molecule has 6 fully saturated rings. The Labute approximate surface area is 225 Å². The molecule has 0 aromatic rings. The van der Waals surface area contributed by atoms with Crippen LogP contribution < -0.4 is 16.1 Å². The average Bonchev–Trinajstić information content (AvgIpc) is 3.68. The maximum atomic E-state index is 13.4. The van der Waals surface area contributed by atoms with E-state index in [0.717, 1.165) is 44.4 Å². The summed E-state index contributed by atoms with van der Waals surface area (Å²) in [6.45, 7) is 2.10. The minimum absolute atomic E-state index is 0.000214. The van der Waals surface area contributed by atoms with E-state index in [1.165, 1.54) is 12.8 Å². The summed E-state index contributed by atoms with van der Waals surface area (Å²) >= 11 is 9.05. The minimum Gasteiger partial charge on any atom is -0.342 e. The van der Waals surface area contributed by atoms with Gasteiger partial charge in [-0.25, -0.2) is 0 Å². The smallest absolute Gasteiger partial charge is 0.342 e. The van der Waals surface area contributed by atoms with E-state index in [9.17, 15) is 18.0 Å². The fourth-order valence-corrected chi connectivity index (χ4v) is 11.0. The van der Waals surface area contributed by atoms with Crippen molar-refractivity contribution in [2.75, 3.05) is 0 Å². The molecule has 3 N–H and O–H groups in total. The molecule has 0 bridgehead atoms. The Morgan fingerprint density at radius 1 is 1.19 bits per heavy atom. The predicted octanol–water partition coefficient (Wildman–Crippen LogP) is 4.54. The van der Waals surface area contributed by atoms with Crippen molar-refractivity contribution in [1.82, 2.24) is 21.0 Å². The number of halogens is 4. The van der Waals surface area contributed by atoms with E-state index in [-0.39, 0.29) is 42.3 Å². The summed E-state index contributed by atoms with van der Waals surface area (Å²) in [6.07, 6.45) is 4.64. The maximum absolute atomic E-state index is 13.4. The number of amides is 1. The molecule has 4 aliphatic carbocycles.